The van der Waals surface area contributed by atoms with Crippen LogP contribution < -0.4 is 0 Å². The van der Waals surface area contributed by atoms with Gasteiger partial charge in [-0.25, -0.2) is 0 Å². The van der Waals surface area contributed by atoms with Crippen molar-refractivity contribution in [1.82, 2.24) is 0 Å². The van der Waals surface area contributed by atoms with E-state index in [4.69, 9.17) is 0 Å². The molecule has 0 aromatic rings. The van der Waals surface area contributed by atoms with Crippen molar-refractivity contribution in [3.8, 4) is 0 Å². The van der Waals surface area contributed by atoms with Crippen molar-refractivity contribution in [2.45, 2.75) is 73.6 Å². The molecule has 0 heteroatoms. The molecule has 0 amide bonds. The lowest BCUT2D eigenvalue weighted by Gasteiger charge is -2.18. The van der Waals surface area contributed by atoms with Crippen LogP contribution in [0.4, 0.5) is 0 Å². The summed E-state index contributed by atoms with van der Waals surface area (Å²) in [5, 5.41) is 0. The molecule has 0 heterocycles. The molecule has 0 saturated heterocycles. The van der Waals surface area contributed by atoms with Crippen LogP contribution >= 0.6 is 0 Å². The lowest BCUT2D eigenvalue weighted by molar-refractivity contribution is 0.340. The monoisotopic (exact) mass is 226 g/mol. The highest BCUT2D eigenvalue weighted by Gasteiger charge is 2.09. The maximum atomic E-state index is 3.36. The van der Waals surface area contributed by atoms with Gasteiger partial charge in [-0.2, -0.15) is 0 Å². The smallest absolute Gasteiger partial charge is 0.0420 e. The molecule has 0 aliphatic carbocycles. The standard InChI is InChI=1S/C13H28.C3H6/c1-6-7-8-12(4)9-10-13(5)11(2)3;1-3-2/h11-13H,6-10H2,1-5H3;3H,1H2,2H3. The van der Waals surface area contributed by atoms with Gasteiger partial charge in [0.2, 0.25) is 0 Å². The second-order valence-corrected chi connectivity index (χ2v) is 5.45. The Bertz CT molecular complexity index is 135. The van der Waals surface area contributed by atoms with E-state index < -0.39 is 0 Å². The Morgan fingerprint density at radius 3 is 1.88 bits per heavy atom. The average Bonchev–Trinajstić information content (AvgIpc) is 2.23. The summed E-state index contributed by atoms with van der Waals surface area (Å²) < 4.78 is 0. The Morgan fingerprint density at radius 2 is 1.50 bits per heavy atom. The largest absolute Gasteiger partial charge is 0.103 e. The van der Waals surface area contributed by atoms with Crippen LogP contribution in [0.25, 0.3) is 0 Å². The molecule has 0 N–H and O–H groups in total. The van der Waals surface area contributed by atoms with Crippen LogP contribution in [0.2, 0.25) is 0 Å². The SMILES string of the molecule is C=CC.CCCCC(C)CCC(C)C(C)C. The van der Waals surface area contributed by atoms with Gasteiger partial charge in [-0.05, 0) is 24.7 Å². The fourth-order valence-electron chi connectivity index (χ4n) is 1.58. The van der Waals surface area contributed by atoms with E-state index in [2.05, 4.69) is 41.2 Å². The average molecular weight is 226 g/mol. The van der Waals surface area contributed by atoms with Gasteiger partial charge in [-0.15, -0.1) is 6.58 Å². The van der Waals surface area contributed by atoms with Crippen LogP contribution in [0.3, 0.4) is 0 Å². The minimum absolute atomic E-state index is 0.860. The van der Waals surface area contributed by atoms with Crippen molar-refractivity contribution in [2.24, 2.45) is 17.8 Å². The first-order valence-corrected chi connectivity index (χ1v) is 7.06. The molecule has 0 saturated carbocycles. The quantitative estimate of drug-likeness (QED) is 0.462. The predicted octanol–water partition coefficient (Wildman–Crippen LogP) is 6.08. The molecular formula is C16H34. The molecular weight excluding hydrogens is 192 g/mol. The van der Waals surface area contributed by atoms with Gasteiger partial charge in [0.05, 0.1) is 0 Å². The molecule has 0 fully saturated rings. The Morgan fingerprint density at radius 1 is 1.00 bits per heavy atom. The van der Waals surface area contributed by atoms with Gasteiger partial charge in [0.1, 0.15) is 0 Å². The van der Waals surface area contributed by atoms with E-state index >= 15 is 0 Å². The topological polar surface area (TPSA) is 0 Å². The van der Waals surface area contributed by atoms with Gasteiger partial charge in [-0.1, -0.05) is 72.8 Å². The summed E-state index contributed by atoms with van der Waals surface area (Å²) in [4.78, 5) is 0. The lowest BCUT2D eigenvalue weighted by Crippen LogP contribution is -2.06. The zero-order valence-electron chi connectivity index (χ0n) is 12.6. The second kappa shape index (κ2) is 12.8. The molecule has 0 aromatic carbocycles. The summed E-state index contributed by atoms with van der Waals surface area (Å²) in [6.07, 6.45) is 8.80. The van der Waals surface area contributed by atoms with Crippen molar-refractivity contribution in [3.05, 3.63) is 12.7 Å². The van der Waals surface area contributed by atoms with Gasteiger partial charge < -0.3 is 0 Å². The van der Waals surface area contributed by atoms with Crippen LogP contribution in [-0.2, 0) is 0 Å². The lowest BCUT2D eigenvalue weighted by atomic mass is 9.88. The molecule has 0 aliphatic rings. The third-order valence-electron chi connectivity index (χ3n) is 3.30. The van der Waals surface area contributed by atoms with Crippen molar-refractivity contribution in [3.63, 3.8) is 0 Å². The van der Waals surface area contributed by atoms with Crippen molar-refractivity contribution >= 4 is 0 Å². The van der Waals surface area contributed by atoms with Gasteiger partial charge >= 0.3 is 0 Å². The van der Waals surface area contributed by atoms with E-state index in [-0.39, 0.29) is 0 Å². The number of hydrogen-bond acceptors (Lipinski definition) is 0. The van der Waals surface area contributed by atoms with E-state index in [1.54, 1.807) is 6.08 Å². The Kier molecular flexibility index (Phi) is 14.5. The second-order valence-electron chi connectivity index (χ2n) is 5.45. The number of hydrogen-bond donors (Lipinski definition) is 0. The van der Waals surface area contributed by atoms with Crippen LogP contribution in [0.5, 0.6) is 0 Å². The Hall–Kier alpha value is -0.260. The molecule has 16 heavy (non-hydrogen) atoms. The van der Waals surface area contributed by atoms with Crippen molar-refractivity contribution in [2.75, 3.05) is 0 Å². The summed E-state index contributed by atoms with van der Waals surface area (Å²) in [5.74, 6) is 2.71. The summed E-state index contributed by atoms with van der Waals surface area (Å²) in [6, 6.07) is 0. The molecule has 0 nitrogen and oxygen atoms in total. The minimum Gasteiger partial charge on any atom is -0.103 e. The van der Waals surface area contributed by atoms with Crippen molar-refractivity contribution < 1.29 is 0 Å². The third kappa shape index (κ3) is 13.7. The van der Waals surface area contributed by atoms with Gasteiger partial charge in [-0.3, -0.25) is 0 Å². The zero-order chi connectivity index (χ0) is 13.0. The third-order valence-corrected chi connectivity index (χ3v) is 3.30. The molecule has 0 bridgehead atoms. The van der Waals surface area contributed by atoms with E-state index in [0.29, 0.717) is 0 Å². The normalized spacial score (nSPS) is 13.9. The Labute approximate surface area is 105 Å². The van der Waals surface area contributed by atoms with E-state index in [1.807, 2.05) is 6.92 Å². The van der Waals surface area contributed by atoms with Crippen LogP contribution in [0, 0.1) is 17.8 Å². The highest BCUT2D eigenvalue weighted by Crippen LogP contribution is 2.21. The minimum atomic E-state index is 0.860. The zero-order valence-corrected chi connectivity index (χ0v) is 12.6. The number of rotatable bonds is 7. The predicted molar refractivity (Wildman–Crippen MR) is 77.8 cm³/mol. The molecule has 98 valence electrons. The Balaban J connectivity index is 0. The van der Waals surface area contributed by atoms with Gasteiger partial charge in [0, 0.05) is 0 Å². The highest BCUT2D eigenvalue weighted by molar-refractivity contribution is 4.61. The summed E-state index contributed by atoms with van der Waals surface area (Å²) in [5.41, 5.74) is 0. The van der Waals surface area contributed by atoms with Crippen molar-refractivity contribution in [1.29, 1.82) is 0 Å². The van der Waals surface area contributed by atoms with Crippen LogP contribution in [0.15, 0.2) is 12.7 Å². The van der Waals surface area contributed by atoms with Crippen LogP contribution in [0.1, 0.15) is 73.6 Å². The first-order chi connectivity index (χ1) is 7.49. The van der Waals surface area contributed by atoms with E-state index in [0.717, 1.165) is 17.8 Å². The maximum absolute atomic E-state index is 3.36. The molecule has 0 radical (unpaired) electrons. The van der Waals surface area contributed by atoms with E-state index in [1.165, 1.54) is 32.1 Å². The summed E-state index contributed by atoms with van der Waals surface area (Å²) >= 11 is 0. The first kappa shape index (κ1) is 18.1. The molecule has 0 aliphatic heterocycles. The maximum Gasteiger partial charge on any atom is -0.0420 e. The highest BCUT2D eigenvalue weighted by atomic mass is 14.1. The molecule has 2 unspecified atom stereocenters. The van der Waals surface area contributed by atoms with Crippen LogP contribution in [-0.4, -0.2) is 0 Å². The van der Waals surface area contributed by atoms with Gasteiger partial charge in [0.25, 0.3) is 0 Å². The number of allylic oxidation sites excluding steroid dienone is 1. The summed E-state index contributed by atoms with van der Waals surface area (Å²) in [6.45, 7) is 17.0. The molecule has 0 rings (SSSR count). The van der Waals surface area contributed by atoms with E-state index in [9.17, 15) is 0 Å². The molecule has 0 spiro atoms. The fourth-order valence-corrected chi connectivity index (χ4v) is 1.58. The molecule has 0 aromatic heterocycles. The number of unbranched alkanes of at least 4 members (excludes halogenated alkanes) is 1. The fraction of sp³-hybridized carbons (Fsp3) is 0.875. The molecule has 2 atom stereocenters. The first-order valence-electron chi connectivity index (χ1n) is 7.06. The van der Waals surface area contributed by atoms with Gasteiger partial charge in [0.15, 0.2) is 0 Å². The summed E-state index contributed by atoms with van der Waals surface area (Å²) in [7, 11) is 0.